The highest BCUT2D eigenvalue weighted by atomic mass is 32.2. The lowest BCUT2D eigenvalue weighted by Crippen LogP contribution is -2.69. The number of aliphatic imine (C=N–C) groups is 1. The number of rotatable bonds is 4. The normalized spacial score (nSPS) is 35.0. The highest BCUT2D eigenvalue weighted by Gasteiger charge is 2.59. The lowest BCUT2D eigenvalue weighted by molar-refractivity contribution is -0.168. The molecule has 21 heavy (non-hydrogen) atoms. The molecule has 0 aromatic carbocycles. The van der Waals surface area contributed by atoms with Crippen LogP contribution in [0.15, 0.2) is 4.99 Å². The summed E-state index contributed by atoms with van der Waals surface area (Å²) in [5.74, 6) is 3.51. The predicted octanol–water partition coefficient (Wildman–Crippen LogP) is 2.39. The van der Waals surface area contributed by atoms with Crippen LogP contribution in [0.1, 0.15) is 45.4 Å². The van der Waals surface area contributed by atoms with Gasteiger partial charge < -0.3 is 15.4 Å². The largest absolute Gasteiger partial charge is 0.378 e. The fourth-order valence-electron chi connectivity index (χ4n) is 4.02. The lowest BCUT2D eigenvalue weighted by Gasteiger charge is -2.61. The van der Waals surface area contributed by atoms with Gasteiger partial charge in [-0.1, -0.05) is 6.42 Å². The van der Waals surface area contributed by atoms with Gasteiger partial charge in [0.15, 0.2) is 5.96 Å². The molecule has 2 aliphatic carbocycles. The molecule has 2 saturated carbocycles. The summed E-state index contributed by atoms with van der Waals surface area (Å²) in [6.07, 6.45) is 8.17. The maximum absolute atomic E-state index is 5.93. The predicted molar refractivity (Wildman–Crippen MR) is 90.1 cm³/mol. The Bertz CT molecular complexity index is 378. The van der Waals surface area contributed by atoms with E-state index in [1.54, 1.807) is 0 Å². The standard InChI is InChI=1S/C16H29N3OS/c1-3-20-14-10-13(16(14)7-5-8-16)19-15(17-2)18-12-6-4-9-21-11-12/h12-14H,3-11H2,1-2H3,(H2,17,18,19). The second-order valence-electron chi connectivity index (χ2n) is 6.59. The molecule has 120 valence electrons. The minimum Gasteiger partial charge on any atom is -0.378 e. The van der Waals surface area contributed by atoms with Crippen molar-refractivity contribution in [2.45, 2.75) is 63.6 Å². The second-order valence-corrected chi connectivity index (χ2v) is 7.74. The van der Waals surface area contributed by atoms with Gasteiger partial charge in [-0.3, -0.25) is 4.99 Å². The highest BCUT2D eigenvalue weighted by molar-refractivity contribution is 7.99. The summed E-state index contributed by atoms with van der Waals surface area (Å²) in [5.41, 5.74) is 0.398. The van der Waals surface area contributed by atoms with E-state index >= 15 is 0 Å². The number of ether oxygens (including phenoxy) is 1. The Balaban J connectivity index is 1.53. The first kappa shape index (κ1) is 15.5. The summed E-state index contributed by atoms with van der Waals surface area (Å²) < 4.78 is 5.93. The first-order valence-corrected chi connectivity index (χ1v) is 9.63. The van der Waals surface area contributed by atoms with Crippen LogP contribution >= 0.6 is 11.8 Å². The van der Waals surface area contributed by atoms with Crippen LogP contribution < -0.4 is 10.6 Å². The van der Waals surface area contributed by atoms with Crippen molar-refractivity contribution in [2.75, 3.05) is 25.2 Å². The molecule has 3 rings (SSSR count). The number of hydrogen-bond acceptors (Lipinski definition) is 3. The monoisotopic (exact) mass is 311 g/mol. The molecule has 0 aromatic rings. The van der Waals surface area contributed by atoms with Crippen LogP contribution in [0, 0.1) is 5.41 Å². The first-order chi connectivity index (χ1) is 10.3. The van der Waals surface area contributed by atoms with E-state index in [2.05, 4.69) is 34.3 Å². The zero-order valence-corrected chi connectivity index (χ0v) is 14.2. The first-order valence-electron chi connectivity index (χ1n) is 8.47. The van der Waals surface area contributed by atoms with Gasteiger partial charge in [0, 0.05) is 36.9 Å². The van der Waals surface area contributed by atoms with Gasteiger partial charge in [-0.25, -0.2) is 0 Å². The molecule has 2 N–H and O–H groups in total. The van der Waals surface area contributed by atoms with Crippen LogP contribution in [0.5, 0.6) is 0 Å². The summed E-state index contributed by atoms with van der Waals surface area (Å²) in [6, 6.07) is 1.13. The Morgan fingerprint density at radius 1 is 1.33 bits per heavy atom. The van der Waals surface area contributed by atoms with E-state index in [1.165, 1.54) is 43.6 Å². The molecule has 5 heteroatoms. The van der Waals surface area contributed by atoms with Gasteiger partial charge >= 0.3 is 0 Å². The van der Waals surface area contributed by atoms with Crippen LogP contribution in [-0.2, 0) is 4.74 Å². The van der Waals surface area contributed by atoms with E-state index in [0.29, 0.717) is 23.6 Å². The summed E-state index contributed by atoms with van der Waals surface area (Å²) in [5, 5.41) is 7.30. The van der Waals surface area contributed by atoms with E-state index in [-0.39, 0.29) is 0 Å². The van der Waals surface area contributed by atoms with Crippen LogP contribution in [0.4, 0.5) is 0 Å². The van der Waals surface area contributed by atoms with Crippen molar-refractivity contribution in [2.24, 2.45) is 10.4 Å². The Morgan fingerprint density at radius 2 is 2.19 bits per heavy atom. The Labute approximate surface area is 132 Å². The molecule has 3 aliphatic rings. The smallest absolute Gasteiger partial charge is 0.191 e. The third kappa shape index (κ3) is 3.04. The van der Waals surface area contributed by atoms with Crippen molar-refractivity contribution < 1.29 is 4.74 Å². The molecule has 0 radical (unpaired) electrons. The fraction of sp³-hybridized carbons (Fsp3) is 0.938. The summed E-state index contributed by atoms with van der Waals surface area (Å²) in [4.78, 5) is 4.44. The molecule has 0 aromatic heterocycles. The van der Waals surface area contributed by atoms with E-state index in [4.69, 9.17) is 4.74 Å². The zero-order valence-electron chi connectivity index (χ0n) is 13.4. The van der Waals surface area contributed by atoms with E-state index in [0.717, 1.165) is 19.0 Å². The van der Waals surface area contributed by atoms with E-state index in [9.17, 15) is 0 Å². The molecule has 1 heterocycles. The van der Waals surface area contributed by atoms with Gasteiger partial charge in [0.05, 0.1) is 6.10 Å². The average Bonchev–Trinajstić information content (AvgIpc) is 2.44. The van der Waals surface area contributed by atoms with Crippen molar-refractivity contribution in [1.29, 1.82) is 0 Å². The maximum atomic E-state index is 5.93. The van der Waals surface area contributed by atoms with Crippen LogP contribution in [0.3, 0.4) is 0 Å². The Morgan fingerprint density at radius 3 is 2.76 bits per heavy atom. The Kier molecular flexibility index (Phi) is 4.99. The molecule has 0 amide bonds. The highest BCUT2D eigenvalue weighted by Crippen LogP contribution is 2.57. The van der Waals surface area contributed by atoms with Crippen LogP contribution in [0.2, 0.25) is 0 Å². The second kappa shape index (κ2) is 6.78. The van der Waals surface area contributed by atoms with Crippen molar-refractivity contribution in [3.63, 3.8) is 0 Å². The van der Waals surface area contributed by atoms with Crippen molar-refractivity contribution in [3.05, 3.63) is 0 Å². The topological polar surface area (TPSA) is 45.6 Å². The summed E-state index contributed by atoms with van der Waals surface area (Å²) in [7, 11) is 1.89. The number of hydrogen-bond donors (Lipinski definition) is 2. The van der Waals surface area contributed by atoms with Crippen molar-refractivity contribution in [3.8, 4) is 0 Å². The van der Waals surface area contributed by atoms with Gasteiger partial charge in [-0.15, -0.1) is 0 Å². The Hall–Kier alpha value is -0.420. The van der Waals surface area contributed by atoms with Gasteiger partial charge in [-0.05, 0) is 44.8 Å². The molecule has 0 bridgehead atoms. The zero-order chi connectivity index (χ0) is 14.7. The maximum Gasteiger partial charge on any atom is 0.191 e. The quantitative estimate of drug-likeness (QED) is 0.618. The number of nitrogens with zero attached hydrogens (tertiary/aromatic N) is 1. The van der Waals surface area contributed by atoms with Crippen molar-refractivity contribution >= 4 is 17.7 Å². The van der Waals surface area contributed by atoms with Gasteiger partial charge in [0.25, 0.3) is 0 Å². The van der Waals surface area contributed by atoms with Gasteiger partial charge in [-0.2, -0.15) is 11.8 Å². The average molecular weight is 311 g/mol. The van der Waals surface area contributed by atoms with Crippen LogP contribution in [0.25, 0.3) is 0 Å². The molecule has 3 fully saturated rings. The SMILES string of the molecule is CCOC1CC(NC(=NC)NC2CCCSC2)C12CCC2. The third-order valence-corrected chi connectivity index (χ3v) is 6.69. The minimum atomic E-state index is 0.398. The van der Waals surface area contributed by atoms with E-state index in [1.807, 2.05) is 7.05 Å². The number of nitrogens with one attached hydrogen (secondary N) is 2. The molecule has 1 saturated heterocycles. The molecule has 1 spiro atoms. The summed E-state index contributed by atoms with van der Waals surface area (Å²) >= 11 is 2.05. The molecule has 3 unspecified atom stereocenters. The molecule has 4 nitrogen and oxygen atoms in total. The molecular formula is C16H29N3OS. The fourth-order valence-corrected chi connectivity index (χ4v) is 5.10. The molecule has 3 atom stereocenters. The molecular weight excluding hydrogens is 282 g/mol. The van der Waals surface area contributed by atoms with Crippen LogP contribution in [-0.4, -0.2) is 49.3 Å². The van der Waals surface area contributed by atoms with E-state index < -0.39 is 0 Å². The summed E-state index contributed by atoms with van der Waals surface area (Å²) in [6.45, 7) is 2.94. The molecule has 1 aliphatic heterocycles. The third-order valence-electron chi connectivity index (χ3n) is 5.47. The van der Waals surface area contributed by atoms with Gasteiger partial charge in [0.2, 0.25) is 0 Å². The van der Waals surface area contributed by atoms with Gasteiger partial charge in [0.1, 0.15) is 0 Å². The number of guanidine groups is 1. The lowest BCUT2D eigenvalue weighted by atomic mass is 9.51. The van der Waals surface area contributed by atoms with Crippen molar-refractivity contribution in [1.82, 2.24) is 10.6 Å². The minimum absolute atomic E-state index is 0.398. The number of thioether (sulfide) groups is 1.